The van der Waals surface area contributed by atoms with E-state index in [1.165, 1.54) is 24.2 Å². The highest BCUT2D eigenvalue weighted by Crippen LogP contribution is 2.19. The number of aromatic amines is 1. The van der Waals surface area contributed by atoms with Gasteiger partial charge in [0.15, 0.2) is 16.6 Å². The van der Waals surface area contributed by atoms with Crippen molar-refractivity contribution in [3.8, 4) is 5.69 Å². The lowest BCUT2D eigenvalue weighted by Gasteiger charge is -2.34. The van der Waals surface area contributed by atoms with E-state index in [1.54, 1.807) is 26.6 Å². The number of H-pyrrole nitrogens is 1. The average Bonchev–Trinajstić information content (AvgIpc) is 3.53. The predicted molar refractivity (Wildman–Crippen MR) is 121 cm³/mol. The van der Waals surface area contributed by atoms with Gasteiger partial charge in [-0.3, -0.25) is 14.4 Å². The maximum atomic E-state index is 12.7. The molecule has 1 saturated heterocycles. The lowest BCUT2D eigenvalue weighted by Crippen LogP contribution is -2.51. The van der Waals surface area contributed by atoms with Crippen molar-refractivity contribution in [2.45, 2.75) is 5.16 Å². The van der Waals surface area contributed by atoms with E-state index in [0.717, 1.165) is 5.69 Å². The third kappa shape index (κ3) is 4.27. The molecule has 0 atom stereocenters. The number of nitrogens with zero attached hydrogens (tertiary/aromatic N) is 5. The van der Waals surface area contributed by atoms with E-state index in [2.05, 4.69) is 15.1 Å². The molecule has 168 valence electrons. The molecule has 0 spiro atoms. The number of hydrogen-bond donors (Lipinski definition) is 1. The number of amides is 2. The molecule has 3 aromatic heterocycles. The van der Waals surface area contributed by atoms with Crippen LogP contribution in [0.4, 0.5) is 0 Å². The number of aromatic nitrogens is 4. The molecule has 2 amide bonds. The number of fused-ring (bicyclic) bond motifs is 1. The Balaban J connectivity index is 1.23. The van der Waals surface area contributed by atoms with Crippen LogP contribution >= 0.6 is 11.8 Å². The van der Waals surface area contributed by atoms with Crippen molar-refractivity contribution < 1.29 is 14.0 Å². The Labute approximate surface area is 192 Å². The lowest BCUT2D eigenvalue weighted by molar-refractivity contribution is -0.129. The first-order valence-electron chi connectivity index (χ1n) is 10.4. The van der Waals surface area contributed by atoms with E-state index in [9.17, 15) is 14.4 Å². The number of carbonyl (C=O) groups is 2. The van der Waals surface area contributed by atoms with Gasteiger partial charge < -0.3 is 19.2 Å². The fourth-order valence-electron chi connectivity index (χ4n) is 3.66. The van der Waals surface area contributed by atoms with Gasteiger partial charge in [0.25, 0.3) is 11.5 Å². The van der Waals surface area contributed by atoms with Crippen LogP contribution in [0.3, 0.4) is 0 Å². The van der Waals surface area contributed by atoms with Gasteiger partial charge in [-0.05, 0) is 24.3 Å². The van der Waals surface area contributed by atoms with E-state index in [0.29, 0.717) is 48.1 Å². The van der Waals surface area contributed by atoms with Crippen LogP contribution in [0, 0.1) is 0 Å². The average molecular weight is 465 g/mol. The molecule has 1 aliphatic rings. The number of benzene rings is 1. The van der Waals surface area contributed by atoms with Crippen LogP contribution in [0.15, 0.2) is 69.3 Å². The number of thioether (sulfide) groups is 1. The Morgan fingerprint density at radius 3 is 2.52 bits per heavy atom. The summed E-state index contributed by atoms with van der Waals surface area (Å²) in [5.41, 5.74) is 0.923. The quantitative estimate of drug-likeness (QED) is 0.353. The summed E-state index contributed by atoms with van der Waals surface area (Å²) in [6.45, 7) is 1.76. The first-order chi connectivity index (χ1) is 16.1. The van der Waals surface area contributed by atoms with E-state index < -0.39 is 0 Å². The van der Waals surface area contributed by atoms with Gasteiger partial charge in [-0.15, -0.1) is 0 Å². The molecule has 0 saturated carbocycles. The van der Waals surface area contributed by atoms with Gasteiger partial charge in [0, 0.05) is 26.2 Å². The van der Waals surface area contributed by atoms with Crippen LogP contribution in [-0.4, -0.2) is 73.3 Å². The molecule has 1 fully saturated rings. The summed E-state index contributed by atoms with van der Waals surface area (Å²) in [7, 11) is 0. The summed E-state index contributed by atoms with van der Waals surface area (Å²) >= 11 is 1.17. The largest absolute Gasteiger partial charge is 0.459 e. The van der Waals surface area contributed by atoms with E-state index in [4.69, 9.17) is 4.42 Å². The number of para-hydroxylation sites is 1. The van der Waals surface area contributed by atoms with Gasteiger partial charge in [-0.1, -0.05) is 30.0 Å². The van der Waals surface area contributed by atoms with Gasteiger partial charge in [-0.2, -0.15) is 5.10 Å². The Morgan fingerprint density at radius 1 is 1.03 bits per heavy atom. The van der Waals surface area contributed by atoms with Crippen molar-refractivity contribution in [1.82, 2.24) is 29.5 Å². The maximum absolute atomic E-state index is 12.7. The van der Waals surface area contributed by atoms with Crippen LogP contribution in [-0.2, 0) is 4.79 Å². The number of hydrogen-bond acceptors (Lipinski definition) is 7. The van der Waals surface area contributed by atoms with E-state index in [1.807, 2.05) is 30.3 Å². The van der Waals surface area contributed by atoms with Crippen molar-refractivity contribution >= 4 is 34.6 Å². The highest BCUT2D eigenvalue weighted by molar-refractivity contribution is 7.99. The highest BCUT2D eigenvalue weighted by Gasteiger charge is 2.26. The molecule has 0 radical (unpaired) electrons. The molecule has 4 heterocycles. The summed E-state index contributed by atoms with van der Waals surface area (Å²) in [5.74, 6) is 0.168. The molecule has 5 rings (SSSR count). The fourth-order valence-corrected chi connectivity index (χ4v) is 4.42. The number of nitrogens with one attached hydrogen (secondary N) is 1. The van der Waals surface area contributed by atoms with Crippen molar-refractivity contribution in [1.29, 1.82) is 0 Å². The molecule has 0 aliphatic carbocycles. The predicted octanol–water partition coefficient (Wildman–Crippen LogP) is 1.78. The Morgan fingerprint density at radius 2 is 1.79 bits per heavy atom. The van der Waals surface area contributed by atoms with Crippen molar-refractivity contribution in [3.63, 3.8) is 0 Å². The van der Waals surface area contributed by atoms with Crippen molar-refractivity contribution in [2.24, 2.45) is 0 Å². The first kappa shape index (κ1) is 21.0. The summed E-state index contributed by atoms with van der Waals surface area (Å²) in [6.07, 6.45) is 2.95. The number of carbonyl (C=O) groups excluding carboxylic acids is 2. The van der Waals surface area contributed by atoms with Gasteiger partial charge in [0.1, 0.15) is 5.39 Å². The molecule has 33 heavy (non-hydrogen) atoms. The second-order valence-corrected chi connectivity index (χ2v) is 8.40. The second kappa shape index (κ2) is 8.94. The SMILES string of the molecule is O=C(CSc1nc2c(cnn2-c2ccccc2)c(=O)[nH]1)N1CCN(C(=O)c2ccco2)CC1. The van der Waals surface area contributed by atoms with E-state index >= 15 is 0 Å². The zero-order chi connectivity index (χ0) is 22.8. The summed E-state index contributed by atoms with van der Waals surface area (Å²) in [6, 6.07) is 12.7. The monoisotopic (exact) mass is 464 g/mol. The van der Waals surface area contributed by atoms with Crippen LogP contribution in [0.2, 0.25) is 0 Å². The molecular weight excluding hydrogens is 444 g/mol. The van der Waals surface area contributed by atoms with Crippen molar-refractivity contribution in [3.05, 3.63) is 71.0 Å². The third-order valence-electron chi connectivity index (χ3n) is 5.40. The number of piperazine rings is 1. The van der Waals surface area contributed by atoms with Crippen LogP contribution in [0.1, 0.15) is 10.6 Å². The van der Waals surface area contributed by atoms with Crippen molar-refractivity contribution in [2.75, 3.05) is 31.9 Å². The molecular formula is C22H20N6O4S. The number of furan rings is 1. The standard InChI is InChI=1S/C22H20N6O4S/c29-18(26-8-10-27(11-9-26)21(31)17-7-4-12-32-17)14-33-22-24-19-16(20(30)25-22)13-23-28(19)15-5-2-1-3-6-15/h1-7,12-13H,8-11,14H2,(H,24,25,30). The molecule has 0 bridgehead atoms. The van der Waals surface area contributed by atoms with Gasteiger partial charge in [-0.25, -0.2) is 9.67 Å². The topological polar surface area (TPSA) is 117 Å². The molecule has 1 aromatic carbocycles. The van der Waals surface area contributed by atoms with Gasteiger partial charge >= 0.3 is 0 Å². The Hall–Kier alpha value is -3.86. The van der Waals surface area contributed by atoms with Crippen LogP contribution in [0.25, 0.3) is 16.7 Å². The molecule has 10 nitrogen and oxygen atoms in total. The van der Waals surface area contributed by atoms with Crippen LogP contribution in [0.5, 0.6) is 0 Å². The summed E-state index contributed by atoms with van der Waals surface area (Å²) in [5, 5.41) is 5.02. The summed E-state index contributed by atoms with van der Waals surface area (Å²) in [4.78, 5) is 48.2. The lowest BCUT2D eigenvalue weighted by atomic mass is 10.3. The molecule has 11 heteroatoms. The van der Waals surface area contributed by atoms with E-state index in [-0.39, 0.29) is 23.1 Å². The summed E-state index contributed by atoms with van der Waals surface area (Å²) < 4.78 is 6.77. The minimum absolute atomic E-state index is 0.0792. The minimum atomic E-state index is -0.304. The minimum Gasteiger partial charge on any atom is -0.459 e. The number of rotatable bonds is 5. The van der Waals surface area contributed by atoms with Gasteiger partial charge in [0.05, 0.1) is 23.9 Å². The smallest absolute Gasteiger partial charge is 0.289 e. The maximum Gasteiger partial charge on any atom is 0.289 e. The third-order valence-corrected chi connectivity index (χ3v) is 6.26. The first-order valence-corrected chi connectivity index (χ1v) is 11.4. The van der Waals surface area contributed by atoms with Gasteiger partial charge in [0.2, 0.25) is 5.91 Å². The zero-order valence-corrected chi connectivity index (χ0v) is 18.3. The van der Waals surface area contributed by atoms with Crippen LogP contribution < -0.4 is 5.56 Å². The fraction of sp³-hybridized carbons (Fsp3) is 0.227. The molecule has 0 unspecified atom stereocenters. The Kier molecular flexibility index (Phi) is 5.69. The second-order valence-electron chi connectivity index (χ2n) is 7.44. The molecule has 4 aromatic rings. The normalized spacial score (nSPS) is 14.1. The highest BCUT2D eigenvalue weighted by atomic mass is 32.2. The molecule has 1 N–H and O–H groups in total. The molecule has 1 aliphatic heterocycles. The zero-order valence-electron chi connectivity index (χ0n) is 17.5. The Bertz CT molecular complexity index is 1340.